The summed E-state index contributed by atoms with van der Waals surface area (Å²) in [5, 5.41) is 9.65. The van der Waals surface area contributed by atoms with Crippen LogP contribution in [-0.2, 0) is 0 Å². The Morgan fingerprint density at radius 2 is 0.618 bits per heavy atom. The maximum absolute atomic E-state index is 5.65. The number of thiophene rings is 2. The van der Waals surface area contributed by atoms with E-state index in [1.165, 1.54) is 51.5 Å². The standard InChI is InChI=1S/C69H41N5S2/c1-3-16-42(17-4-1)48-24-15-25-49(43-18-5-2-6-19-43)66(48)67-70-68(73-58-26-11-7-20-50(58)54-38-44(30-34-60(54)73)46-32-36-64-56(40-46)52-22-9-13-28-62(52)75-64)72-69(71-67)74-59-27-12-8-21-51(59)55-39-45(31-35-61(55)74)47-33-37-65-57(41-47)53-23-10-14-29-63(53)76-65/h1-41H. The highest BCUT2D eigenvalue weighted by Gasteiger charge is 2.25. The van der Waals surface area contributed by atoms with Gasteiger partial charge < -0.3 is 0 Å². The monoisotopic (exact) mass is 1000 g/mol. The van der Waals surface area contributed by atoms with Crippen molar-refractivity contribution in [1.82, 2.24) is 24.1 Å². The maximum atomic E-state index is 5.65. The molecular weight excluding hydrogens is 963 g/mol. The number of aromatic nitrogens is 5. The van der Waals surface area contributed by atoms with Gasteiger partial charge in [0, 0.05) is 67.5 Å². The molecule has 16 rings (SSSR count). The second kappa shape index (κ2) is 17.0. The molecule has 0 saturated carbocycles. The van der Waals surface area contributed by atoms with Crippen molar-refractivity contribution in [2.24, 2.45) is 0 Å². The number of rotatable bonds is 7. The highest BCUT2D eigenvalue weighted by Crippen LogP contribution is 2.44. The summed E-state index contributed by atoms with van der Waals surface area (Å²) >= 11 is 3.69. The number of benzene rings is 11. The Kier molecular flexibility index (Phi) is 9.61. The summed E-state index contributed by atoms with van der Waals surface area (Å²) in [6.45, 7) is 0. The van der Waals surface area contributed by atoms with Crippen LogP contribution in [-0.4, -0.2) is 24.1 Å². The molecule has 0 aliphatic carbocycles. The van der Waals surface area contributed by atoms with E-state index < -0.39 is 0 Å². The second-order valence-corrected chi connectivity index (χ2v) is 21.7. The van der Waals surface area contributed by atoms with Gasteiger partial charge in [-0.05, 0) is 117 Å². The lowest BCUT2D eigenvalue weighted by Crippen LogP contribution is -2.11. The summed E-state index contributed by atoms with van der Waals surface area (Å²) in [4.78, 5) is 16.9. The first-order chi connectivity index (χ1) is 37.7. The van der Waals surface area contributed by atoms with Crippen LogP contribution in [0.4, 0.5) is 0 Å². The SMILES string of the molecule is c1ccc(-c2cccc(-c3ccccc3)c2-c2nc(-n3c4ccccc4c4cc(-c5ccc6sc7ccccc7c6c5)ccc43)nc(-n3c4ccccc4c4cc(-c5ccc6sc7ccccc7c6c5)ccc43)n2)cc1. The lowest BCUT2D eigenvalue weighted by Gasteiger charge is -2.17. The van der Waals surface area contributed by atoms with Crippen molar-refractivity contribution in [3.8, 4) is 67.8 Å². The van der Waals surface area contributed by atoms with Crippen molar-refractivity contribution in [1.29, 1.82) is 0 Å². The summed E-state index contributed by atoms with van der Waals surface area (Å²) in [6.07, 6.45) is 0. The van der Waals surface area contributed by atoms with Gasteiger partial charge in [0.15, 0.2) is 5.82 Å². The van der Waals surface area contributed by atoms with E-state index in [0.717, 1.165) is 82.6 Å². The molecule has 5 heterocycles. The minimum Gasteiger partial charge on any atom is -0.278 e. The minimum atomic E-state index is 0.533. The van der Waals surface area contributed by atoms with Gasteiger partial charge >= 0.3 is 0 Å². The van der Waals surface area contributed by atoms with Gasteiger partial charge in [0.1, 0.15) is 0 Å². The fourth-order valence-corrected chi connectivity index (χ4v) is 13.9. The van der Waals surface area contributed by atoms with Gasteiger partial charge in [0.05, 0.1) is 22.1 Å². The zero-order valence-corrected chi connectivity index (χ0v) is 42.4. The summed E-state index contributed by atoms with van der Waals surface area (Å²) < 4.78 is 9.67. The van der Waals surface area contributed by atoms with E-state index in [1.54, 1.807) is 0 Å². The highest BCUT2D eigenvalue weighted by atomic mass is 32.1. The Labute approximate surface area is 444 Å². The van der Waals surface area contributed by atoms with Crippen molar-refractivity contribution in [3.05, 3.63) is 249 Å². The van der Waals surface area contributed by atoms with Crippen molar-refractivity contribution in [2.45, 2.75) is 0 Å². The molecule has 16 aromatic rings. The fraction of sp³-hybridized carbons (Fsp3) is 0. The molecule has 5 aromatic heterocycles. The van der Waals surface area contributed by atoms with E-state index in [-0.39, 0.29) is 0 Å². The van der Waals surface area contributed by atoms with E-state index >= 15 is 0 Å². The van der Waals surface area contributed by atoms with Crippen LogP contribution in [0, 0.1) is 0 Å². The van der Waals surface area contributed by atoms with E-state index in [2.05, 4.69) is 258 Å². The smallest absolute Gasteiger partial charge is 0.240 e. The van der Waals surface area contributed by atoms with Gasteiger partial charge in [-0.3, -0.25) is 9.13 Å². The summed E-state index contributed by atoms with van der Waals surface area (Å²) in [7, 11) is 0. The number of hydrogen-bond acceptors (Lipinski definition) is 5. The van der Waals surface area contributed by atoms with Gasteiger partial charge in [-0.1, -0.05) is 176 Å². The Morgan fingerprint density at radius 3 is 1.09 bits per heavy atom. The van der Waals surface area contributed by atoms with Crippen LogP contribution >= 0.6 is 22.7 Å². The first kappa shape index (κ1) is 42.9. The molecule has 354 valence electrons. The maximum Gasteiger partial charge on any atom is 0.240 e. The third-order valence-corrected chi connectivity index (χ3v) is 17.5. The molecule has 0 radical (unpaired) electrons. The molecule has 7 heteroatoms. The third-order valence-electron chi connectivity index (χ3n) is 15.2. The van der Waals surface area contributed by atoms with Crippen LogP contribution in [0.15, 0.2) is 249 Å². The van der Waals surface area contributed by atoms with Crippen LogP contribution in [0.3, 0.4) is 0 Å². The van der Waals surface area contributed by atoms with Gasteiger partial charge in [-0.2, -0.15) is 15.0 Å². The summed E-state index contributed by atoms with van der Waals surface area (Å²) in [5.74, 6) is 1.65. The van der Waals surface area contributed by atoms with Crippen molar-refractivity contribution in [3.63, 3.8) is 0 Å². The quantitative estimate of drug-likeness (QED) is 0.160. The van der Waals surface area contributed by atoms with Gasteiger partial charge in [0.25, 0.3) is 0 Å². The Morgan fingerprint density at radius 1 is 0.250 bits per heavy atom. The average Bonchev–Trinajstić information content (AvgIpc) is 4.30. The lowest BCUT2D eigenvalue weighted by atomic mass is 9.91. The van der Waals surface area contributed by atoms with Crippen LogP contribution in [0.5, 0.6) is 0 Å². The number of fused-ring (bicyclic) bond motifs is 12. The van der Waals surface area contributed by atoms with Crippen LogP contribution in [0.25, 0.3) is 152 Å². The zero-order chi connectivity index (χ0) is 49.8. The Balaban J connectivity index is 0.952. The van der Waals surface area contributed by atoms with Crippen LogP contribution in [0.1, 0.15) is 0 Å². The molecule has 0 unspecified atom stereocenters. The summed E-state index contributed by atoms with van der Waals surface area (Å²) in [5.41, 5.74) is 13.9. The fourth-order valence-electron chi connectivity index (χ4n) is 11.7. The highest BCUT2D eigenvalue weighted by molar-refractivity contribution is 7.26. The second-order valence-electron chi connectivity index (χ2n) is 19.5. The normalized spacial score (nSPS) is 11.9. The largest absolute Gasteiger partial charge is 0.278 e. The first-order valence-electron chi connectivity index (χ1n) is 25.6. The predicted octanol–water partition coefficient (Wildman–Crippen LogP) is 19.1. The molecule has 0 spiro atoms. The van der Waals surface area contributed by atoms with Crippen molar-refractivity contribution < 1.29 is 0 Å². The molecule has 76 heavy (non-hydrogen) atoms. The van der Waals surface area contributed by atoms with E-state index in [0.29, 0.717) is 17.7 Å². The number of nitrogens with zero attached hydrogens (tertiary/aromatic N) is 5. The molecule has 5 nitrogen and oxygen atoms in total. The van der Waals surface area contributed by atoms with Crippen molar-refractivity contribution >= 4 is 107 Å². The van der Waals surface area contributed by atoms with Gasteiger partial charge in [0.2, 0.25) is 11.9 Å². The molecule has 0 amide bonds. The topological polar surface area (TPSA) is 48.5 Å². The predicted molar refractivity (Wildman–Crippen MR) is 321 cm³/mol. The number of hydrogen-bond donors (Lipinski definition) is 0. The molecule has 0 N–H and O–H groups in total. The minimum absolute atomic E-state index is 0.533. The molecule has 0 fully saturated rings. The Hall–Kier alpha value is -9.53. The molecule has 0 atom stereocenters. The Bertz CT molecular complexity index is 4700. The number of para-hydroxylation sites is 2. The molecule has 0 saturated heterocycles. The van der Waals surface area contributed by atoms with Crippen LogP contribution < -0.4 is 0 Å². The van der Waals surface area contributed by atoms with Gasteiger partial charge in [-0.25, -0.2) is 0 Å². The molecule has 0 aliphatic rings. The van der Waals surface area contributed by atoms with Crippen molar-refractivity contribution in [2.75, 3.05) is 0 Å². The van der Waals surface area contributed by atoms with E-state index in [1.807, 2.05) is 22.7 Å². The zero-order valence-electron chi connectivity index (χ0n) is 40.7. The van der Waals surface area contributed by atoms with E-state index in [4.69, 9.17) is 15.0 Å². The van der Waals surface area contributed by atoms with Gasteiger partial charge in [-0.15, -0.1) is 22.7 Å². The molecule has 0 bridgehead atoms. The van der Waals surface area contributed by atoms with Crippen LogP contribution in [0.2, 0.25) is 0 Å². The molecule has 11 aromatic carbocycles. The molecule has 0 aliphatic heterocycles. The first-order valence-corrected chi connectivity index (χ1v) is 27.2. The van der Waals surface area contributed by atoms with E-state index in [9.17, 15) is 0 Å². The average molecular weight is 1000 g/mol. The molecular formula is C69H41N5S2. The third kappa shape index (κ3) is 6.73. The lowest BCUT2D eigenvalue weighted by molar-refractivity contribution is 0.893. The summed E-state index contributed by atoms with van der Waals surface area (Å²) in [6, 6.07) is 89.9.